The number of benzene rings is 1. The molecule has 3 aliphatic rings. The molecule has 0 aliphatic carbocycles. The van der Waals surface area contributed by atoms with Gasteiger partial charge < -0.3 is 25.1 Å². The van der Waals surface area contributed by atoms with E-state index < -0.39 is 17.8 Å². The Morgan fingerprint density at radius 3 is 2.45 bits per heavy atom. The van der Waals surface area contributed by atoms with E-state index in [1.54, 1.807) is 15.6 Å². The number of β-amino-alcohol motifs (C(OH)–C–C–N with tert-alkyl or cyclic N) is 1. The van der Waals surface area contributed by atoms with Crippen molar-refractivity contribution in [1.29, 1.82) is 0 Å². The zero-order valence-electron chi connectivity index (χ0n) is 25.5. The summed E-state index contributed by atoms with van der Waals surface area (Å²) in [5.74, 6) is 0.459. The zero-order valence-corrected chi connectivity index (χ0v) is 26.4. The minimum absolute atomic E-state index is 0.0353. The van der Waals surface area contributed by atoms with Crippen LogP contribution in [0.3, 0.4) is 0 Å². The van der Waals surface area contributed by atoms with Crippen LogP contribution in [0.25, 0.3) is 11.3 Å². The molecule has 1 aromatic carbocycles. The SMILES string of the molecule is CC(=O)NC1CCN(C[C@H](O)Cn2nc(-c3ccc(C(F)(F)F)c(SCCN4CCCC4)c3)c3c2CCN(C(C)=O)C3)CC1. The smallest absolute Gasteiger partial charge is 0.390 e. The molecule has 0 unspecified atom stereocenters. The van der Waals surface area contributed by atoms with E-state index >= 15 is 0 Å². The number of piperidine rings is 1. The highest BCUT2D eigenvalue weighted by atomic mass is 32.2. The van der Waals surface area contributed by atoms with Crippen molar-refractivity contribution in [3.05, 3.63) is 35.0 Å². The first-order valence-electron chi connectivity index (χ1n) is 15.6. The van der Waals surface area contributed by atoms with Crippen molar-refractivity contribution in [2.24, 2.45) is 0 Å². The van der Waals surface area contributed by atoms with Crippen molar-refractivity contribution < 1.29 is 27.9 Å². The molecule has 4 heterocycles. The lowest BCUT2D eigenvalue weighted by molar-refractivity contribution is -0.139. The first kappa shape index (κ1) is 32.8. The number of nitrogens with zero attached hydrogens (tertiary/aromatic N) is 5. The van der Waals surface area contributed by atoms with Gasteiger partial charge in [-0.05, 0) is 50.9 Å². The van der Waals surface area contributed by atoms with Gasteiger partial charge in [0.1, 0.15) is 0 Å². The Labute approximate surface area is 261 Å². The lowest BCUT2D eigenvalue weighted by Crippen LogP contribution is -2.46. The number of aliphatic hydroxyl groups excluding tert-OH is 1. The van der Waals surface area contributed by atoms with E-state index in [1.807, 2.05) is 0 Å². The minimum atomic E-state index is -4.47. The van der Waals surface area contributed by atoms with E-state index in [1.165, 1.54) is 31.7 Å². The highest BCUT2D eigenvalue weighted by molar-refractivity contribution is 7.99. The van der Waals surface area contributed by atoms with Crippen molar-refractivity contribution >= 4 is 23.6 Å². The van der Waals surface area contributed by atoms with Crippen molar-refractivity contribution in [2.45, 2.75) is 82.3 Å². The summed E-state index contributed by atoms with van der Waals surface area (Å²) in [5, 5.41) is 18.9. The van der Waals surface area contributed by atoms with Crippen molar-refractivity contribution in [1.82, 2.24) is 29.8 Å². The first-order valence-corrected chi connectivity index (χ1v) is 16.5. The summed E-state index contributed by atoms with van der Waals surface area (Å²) in [6.07, 6.45) is -0.731. The van der Waals surface area contributed by atoms with Crippen LogP contribution in [0.4, 0.5) is 13.2 Å². The summed E-state index contributed by atoms with van der Waals surface area (Å²) in [4.78, 5) is 30.0. The number of fused-ring (bicyclic) bond motifs is 1. The lowest BCUT2D eigenvalue weighted by atomic mass is 9.99. The topological polar surface area (TPSA) is 93.9 Å². The predicted octanol–water partition coefficient (Wildman–Crippen LogP) is 3.62. The van der Waals surface area contributed by atoms with E-state index in [0.29, 0.717) is 43.1 Å². The molecule has 2 amide bonds. The van der Waals surface area contributed by atoms with Gasteiger partial charge in [0.2, 0.25) is 11.8 Å². The van der Waals surface area contributed by atoms with Gasteiger partial charge in [0, 0.05) is 93.0 Å². The number of carbonyl (C=O) groups is 2. The second-order valence-corrected chi connectivity index (χ2v) is 13.3. The summed E-state index contributed by atoms with van der Waals surface area (Å²) < 4.78 is 43.8. The first-order chi connectivity index (χ1) is 21.0. The Kier molecular flexibility index (Phi) is 10.6. The van der Waals surface area contributed by atoms with Crippen LogP contribution in [-0.2, 0) is 35.3 Å². The molecule has 1 aromatic heterocycles. The number of aliphatic hydroxyl groups is 1. The molecule has 3 aliphatic heterocycles. The average molecular weight is 637 g/mol. The molecule has 2 N–H and O–H groups in total. The largest absolute Gasteiger partial charge is 0.417 e. The van der Waals surface area contributed by atoms with Gasteiger partial charge in [0.25, 0.3) is 0 Å². The summed E-state index contributed by atoms with van der Waals surface area (Å²) in [6, 6.07) is 4.36. The van der Waals surface area contributed by atoms with Crippen LogP contribution in [0.5, 0.6) is 0 Å². The fourth-order valence-electron chi connectivity index (χ4n) is 6.56. The summed E-state index contributed by atoms with van der Waals surface area (Å²) in [7, 11) is 0. The second kappa shape index (κ2) is 14.2. The van der Waals surface area contributed by atoms with Gasteiger partial charge in [-0.2, -0.15) is 18.3 Å². The van der Waals surface area contributed by atoms with Crippen molar-refractivity contribution in [3.63, 3.8) is 0 Å². The Morgan fingerprint density at radius 2 is 1.80 bits per heavy atom. The molecule has 2 fully saturated rings. The maximum Gasteiger partial charge on any atom is 0.417 e. The molecule has 242 valence electrons. The Balaban J connectivity index is 1.36. The van der Waals surface area contributed by atoms with Crippen LogP contribution < -0.4 is 5.32 Å². The number of aromatic nitrogens is 2. The molecule has 0 spiro atoms. The number of amides is 2. The third-order valence-corrected chi connectivity index (χ3v) is 9.89. The van der Waals surface area contributed by atoms with Gasteiger partial charge in [-0.3, -0.25) is 14.3 Å². The molecule has 9 nitrogen and oxygen atoms in total. The molecule has 1 atom stereocenters. The van der Waals surface area contributed by atoms with E-state index in [-0.39, 0.29) is 29.3 Å². The molecule has 5 rings (SSSR count). The number of carbonyl (C=O) groups excluding carboxylic acids is 2. The van der Waals surface area contributed by atoms with Crippen molar-refractivity contribution in [3.8, 4) is 11.3 Å². The highest BCUT2D eigenvalue weighted by Crippen LogP contribution is 2.40. The Bertz CT molecular complexity index is 1320. The molecule has 13 heteroatoms. The van der Waals surface area contributed by atoms with Crippen LogP contribution in [0, 0.1) is 0 Å². The fourth-order valence-corrected chi connectivity index (χ4v) is 7.68. The van der Waals surface area contributed by atoms with Gasteiger partial charge in [-0.25, -0.2) is 0 Å². The van der Waals surface area contributed by atoms with E-state index in [9.17, 15) is 27.9 Å². The summed E-state index contributed by atoms with van der Waals surface area (Å²) >= 11 is 1.22. The quantitative estimate of drug-likeness (QED) is 0.385. The standard InChI is InChI=1S/C31H43F3N6O3S/c1-21(41)35-24-7-12-38(13-8-24)18-25(43)19-40-28-9-14-39(22(2)42)20-26(28)30(36-40)23-5-6-27(31(32,33)34)29(17-23)44-16-15-37-10-3-4-11-37/h5-6,17,24-25,43H,3-4,7-16,18-20H2,1-2H3,(H,35,41)/t25-/m0/s1. The number of alkyl halides is 3. The third-order valence-electron chi connectivity index (χ3n) is 8.85. The molecule has 44 heavy (non-hydrogen) atoms. The Morgan fingerprint density at radius 1 is 1.07 bits per heavy atom. The lowest BCUT2D eigenvalue weighted by Gasteiger charge is -2.33. The molecule has 2 saturated heterocycles. The van der Waals surface area contributed by atoms with Gasteiger partial charge >= 0.3 is 6.18 Å². The van der Waals surface area contributed by atoms with Gasteiger partial charge in [-0.1, -0.05) is 6.07 Å². The molecular weight excluding hydrogens is 593 g/mol. The van der Waals surface area contributed by atoms with Crippen molar-refractivity contribution in [2.75, 3.05) is 51.6 Å². The number of rotatable bonds is 10. The van der Waals surface area contributed by atoms with Crippen LogP contribution >= 0.6 is 11.8 Å². The molecular formula is C31H43F3N6O3S. The van der Waals surface area contributed by atoms with E-state index in [4.69, 9.17) is 5.10 Å². The molecule has 0 bridgehead atoms. The van der Waals surface area contributed by atoms with E-state index in [2.05, 4.69) is 15.1 Å². The fraction of sp³-hybridized carbons (Fsp3) is 0.645. The molecule has 2 aromatic rings. The highest BCUT2D eigenvalue weighted by Gasteiger charge is 2.35. The second-order valence-electron chi connectivity index (χ2n) is 12.2. The van der Waals surface area contributed by atoms with Gasteiger partial charge in [0.15, 0.2) is 0 Å². The molecule has 0 saturated carbocycles. The minimum Gasteiger partial charge on any atom is -0.390 e. The number of likely N-dealkylation sites (tertiary alicyclic amines) is 2. The van der Waals surface area contributed by atoms with Crippen LogP contribution in [0.2, 0.25) is 0 Å². The monoisotopic (exact) mass is 636 g/mol. The number of hydrogen-bond donors (Lipinski definition) is 2. The predicted molar refractivity (Wildman–Crippen MR) is 163 cm³/mol. The number of thioether (sulfide) groups is 1. The third kappa shape index (κ3) is 8.15. The average Bonchev–Trinajstić information content (AvgIpc) is 3.61. The maximum atomic E-state index is 14.0. The van der Waals surface area contributed by atoms with Crippen LogP contribution in [-0.4, -0.2) is 105 Å². The Hall–Kier alpha value is -2.61. The van der Waals surface area contributed by atoms with Crippen LogP contribution in [0.1, 0.15) is 56.4 Å². The van der Waals surface area contributed by atoms with Gasteiger partial charge in [0.05, 0.1) is 23.9 Å². The molecule has 0 radical (unpaired) electrons. The van der Waals surface area contributed by atoms with Gasteiger partial charge in [-0.15, -0.1) is 11.8 Å². The number of nitrogens with one attached hydrogen (secondary N) is 1. The summed E-state index contributed by atoms with van der Waals surface area (Å²) in [5.41, 5.74) is 2.22. The number of halogens is 3. The van der Waals surface area contributed by atoms with Crippen LogP contribution in [0.15, 0.2) is 23.1 Å². The zero-order chi connectivity index (χ0) is 31.4. The maximum absolute atomic E-state index is 14.0. The van der Waals surface area contributed by atoms with E-state index in [0.717, 1.165) is 75.7 Å². The number of hydrogen-bond acceptors (Lipinski definition) is 7. The summed E-state index contributed by atoms with van der Waals surface area (Å²) in [6.45, 7) is 8.83. The normalized spacial score (nSPS) is 19.3.